The van der Waals surface area contributed by atoms with E-state index >= 15 is 0 Å². The number of aryl methyl sites for hydroxylation is 2. The number of aromatic amines is 1. The molecule has 206 valence electrons. The maximum absolute atomic E-state index is 13.2. The summed E-state index contributed by atoms with van der Waals surface area (Å²) < 4.78 is 10.4. The lowest BCUT2D eigenvalue weighted by atomic mass is 9.55. The third-order valence-corrected chi connectivity index (χ3v) is 9.75. The van der Waals surface area contributed by atoms with Gasteiger partial charge in [-0.2, -0.15) is 11.0 Å². The molecule has 3 aliphatic carbocycles. The summed E-state index contributed by atoms with van der Waals surface area (Å²) in [6, 6.07) is 8.45. The molecular weight excluding hydrogens is 514 g/mol. The fraction of sp³-hybridized carbons (Fsp3) is 0.483. The predicted molar refractivity (Wildman–Crippen MR) is 148 cm³/mol. The number of carbonyl (C=O) groups is 1. The van der Waals surface area contributed by atoms with Gasteiger partial charge in [-0.3, -0.25) is 14.9 Å². The molecule has 0 bridgehead atoms. The third kappa shape index (κ3) is 4.73. The van der Waals surface area contributed by atoms with E-state index in [2.05, 4.69) is 55.8 Å². The maximum Gasteiger partial charge on any atom is 0.272 e. The molecule has 2 heterocycles. The molecule has 1 aromatic carbocycles. The number of nitrogens with zero attached hydrogens (tertiary/aromatic N) is 2. The molecule has 6 rings (SSSR count). The summed E-state index contributed by atoms with van der Waals surface area (Å²) in [5.74, 6) is 7.22. The van der Waals surface area contributed by atoms with Crippen LogP contribution in [0.1, 0.15) is 83.0 Å². The van der Waals surface area contributed by atoms with E-state index in [1.54, 1.807) is 6.20 Å². The average Bonchev–Trinajstić information content (AvgIpc) is 3.51. The highest BCUT2D eigenvalue weighted by molar-refractivity contribution is 7.90. The van der Waals surface area contributed by atoms with Crippen molar-refractivity contribution in [1.29, 1.82) is 0 Å². The predicted octanol–water partition coefficient (Wildman–Crippen LogP) is 4.67. The van der Waals surface area contributed by atoms with Gasteiger partial charge >= 0.3 is 0 Å². The van der Waals surface area contributed by atoms with Crippen molar-refractivity contribution in [2.24, 2.45) is 17.7 Å². The van der Waals surface area contributed by atoms with Crippen LogP contribution in [0.3, 0.4) is 0 Å². The highest BCUT2D eigenvalue weighted by Gasteiger charge is 2.55. The number of rotatable bonds is 9. The summed E-state index contributed by atoms with van der Waals surface area (Å²) >= 11 is 0.730. The normalized spacial score (nSPS) is 24.8. The van der Waals surface area contributed by atoms with E-state index < -0.39 is 0 Å². The molecule has 1 saturated carbocycles. The van der Waals surface area contributed by atoms with Gasteiger partial charge in [0, 0.05) is 35.6 Å². The largest absolute Gasteiger partial charge is 0.398 e. The van der Waals surface area contributed by atoms with Crippen LogP contribution in [0.2, 0.25) is 0 Å². The number of nitrogens with one attached hydrogen (secondary N) is 2. The molecule has 3 unspecified atom stereocenters. The number of carbonyl (C=O) groups excluding carboxylic acids is 1. The zero-order valence-electron chi connectivity index (χ0n) is 22.4. The van der Waals surface area contributed by atoms with Crippen molar-refractivity contribution in [1.82, 2.24) is 20.5 Å². The second-order valence-electron chi connectivity index (χ2n) is 11.2. The summed E-state index contributed by atoms with van der Waals surface area (Å²) in [5, 5.41) is 10.9. The first-order valence-corrected chi connectivity index (χ1v) is 14.5. The van der Waals surface area contributed by atoms with Gasteiger partial charge in [0.2, 0.25) is 0 Å². The Kier molecular flexibility index (Phi) is 7.37. The van der Waals surface area contributed by atoms with Crippen molar-refractivity contribution in [3.63, 3.8) is 0 Å². The van der Waals surface area contributed by atoms with Crippen molar-refractivity contribution in [3.8, 4) is 5.75 Å². The van der Waals surface area contributed by atoms with Gasteiger partial charge in [-0.1, -0.05) is 26.0 Å². The van der Waals surface area contributed by atoms with Crippen LogP contribution in [0.4, 0.5) is 0 Å². The van der Waals surface area contributed by atoms with E-state index in [0.29, 0.717) is 30.0 Å². The van der Waals surface area contributed by atoms with Crippen LogP contribution >= 0.6 is 12.3 Å². The number of benzene rings is 1. The SMILES string of the molecule is CCc1cc2c(cc1OSOON)CCC1C2CC[C@]2(C)c3[nH]nc(C(=O)NCCc4cccnc4)c3CC12. The van der Waals surface area contributed by atoms with E-state index in [0.717, 1.165) is 79.7 Å². The van der Waals surface area contributed by atoms with Crippen LogP contribution in [0.25, 0.3) is 0 Å². The van der Waals surface area contributed by atoms with Crippen molar-refractivity contribution >= 4 is 18.2 Å². The van der Waals surface area contributed by atoms with E-state index in [1.165, 1.54) is 16.8 Å². The molecule has 3 aromatic rings. The van der Waals surface area contributed by atoms with Gasteiger partial charge < -0.3 is 9.50 Å². The minimum atomic E-state index is -0.0915. The van der Waals surface area contributed by atoms with Crippen LogP contribution in [0.5, 0.6) is 5.75 Å². The smallest absolute Gasteiger partial charge is 0.272 e. The standard InChI is InChI=1S/C29H35N5O4S/c1-3-18-13-22-19(14-25(18)36-39-38-37-30)6-7-21-20(22)8-10-29(2)24(21)15-23-26(33-34-27(23)29)28(35)32-12-9-17-5-4-11-31-16-17/h4-5,11,13-14,16,20-21,24H,3,6-10,12,15,30H2,1-2H3,(H,32,35)(H,33,34)/t20?,21?,24?,29-/m0/s1. The van der Waals surface area contributed by atoms with Crippen LogP contribution in [0.15, 0.2) is 36.7 Å². The molecule has 1 fully saturated rings. The van der Waals surface area contributed by atoms with Gasteiger partial charge in [0.05, 0.1) is 0 Å². The molecule has 0 aliphatic heterocycles. The topological polar surface area (TPSA) is 124 Å². The Bertz CT molecular complexity index is 1350. The van der Waals surface area contributed by atoms with E-state index in [4.69, 9.17) is 10.1 Å². The Morgan fingerprint density at radius 3 is 3.03 bits per heavy atom. The lowest BCUT2D eigenvalue weighted by molar-refractivity contribution is -0.199. The molecule has 1 amide bonds. The highest BCUT2D eigenvalue weighted by atomic mass is 32.2. The zero-order valence-corrected chi connectivity index (χ0v) is 23.2. The van der Waals surface area contributed by atoms with Gasteiger partial charge in [-0.15, -0.1) is 9.32 Å². The first-order chi connectivity index (χ1) is 19.0. The minimum Gasteiger partial charge on any atom is -0.398 e. The molecule has 4 atom stereocenters. The Balaban J connectivity index is 1.19. The van der Waals surface area contributed by atoms with E-state index in [1.807, 2.05) is 18.3 Å². The number of H-pyrrole nitrogens is 1. The second-order valence-corrected chi connectivity index (χ2v) is 11.6. The summed E-state index contributed by atoms with van der Waals surface area (Å²) in [7, 11) is 0. The third-order valence-electron chi connectivity index (χ3n) is 9.37. The lowest BCUT2D eigenvalue weighted by Crippen LogP contribution is -2.43. The molecule has 2 aromatic heterocycles. The van der Waals surface area contributed by atoms with Gasteiger partial charge in [-0.25, -0.2) is 0 Å². The van der Waals surface area contributed by atoms with Crippen LogP contribution < -0.4 is 15.4 Å². The number of aromatic nitrogens is 3. The van der Waals surface area contributed by atoms with Crippen LogP contribution in [-0.2, 0) is 40.4 Å². The Morgan fingerprint density at radius 1 is 1.33 bits per heavy atom. The van der Waals surface area contributed by atoms with E-state index in [-0.39, 0.29) is 11.3 Å². The van der Waals surface area contributed by atoms with Crippen molar-refractivity contribution in [3.05, 3.63) is 75.9 Å². The first kappa shape index (κ1) is 26.3. The Hall–Kier alpha value is -2.92. The van der Waals surface area contributed by atoms with E-state index in [9.17, 15) is 4.79 Å². The quantitative estimate of drug-likeness (QED) is 0.152. The summed E-state index contributed by atoms with van der Waals surface area (Å²) in [6.07, 6.45) is 10.4. The second kappa shape index (κ2) is 10.9. The number of fused-ring (bicyclic) bond motifs is 7. The highest BCUT2D eigenvalue weighted by Crippen LogP contribution is 2.60. The molecular formula is C29H35N5O4S. The summed E-state index contributed by atoms with van der Waals surface area (Å²) in [4.78, 5) is 21.5. The van der Waals surface area contributed by atoms with Gasteiger partial charge in [-0.05, 0) is 97.1 Å². The van der Waals surface area contributed by atoms with Crippen LogP contribution in [0, 0.1) is 11.8 Å². The molecule has 0 spiro atoms. The zero-order chi connectivity index (χ0) is 27.0. The number of pyridine rings is 1. The monoisotopic (exact) mass is 549 g/mol. The number of nitrogens with two attached hydrogens (primary N) is 1. The first-order valence-electron chi connectivity index (χ1n) is 13.8. The minimum absolute atomic E-state index is 0.0160. The molecule has 9 nitrogen and oxygen atoms in total. The fourth-order valence-electron chi connectivity index (χ4n) is 7.47. The van der Waals surface area contributed by atoms with Crippen molar-refractivity contribution in [2.45, 2.75) is 70.1 Å². The molecule has 39 heavy (non-hydrogen) atoms. The molecule has 0 radical (unpaired) electrons. The molecule has 4 N–H and O–H groups in total. The van der Waals surface area contributed by atoms with Gasteiger partial charge in [0.15, 0.2) is 5.69 Å². The average molecular weight is 550 g/mol. The van der Waals surface area contributed by atoms with Gasteiger partial charge in [0.25, 0.3) is 18.2 Å². The summed E-state index contributed by atoms with van der Waals surface area (Å²) in [6.45, 7) is 5.07. The maximum atomic E-state index is 13.2. The lowest BCUT2D eigenvalue weighted by Gasteiger charge is -2.49. The number of hydrogen-bond acceptors (Lipinski definition) is 8. The fourth-order valence-corrected chi connectivity index (χ4v) is 7.76. The Labute approximate surface area is 232 Å². The summed E-state index contributed by atoms with van der Waals surface area (Å²) in [5.41, 5.74) is 7.94. The van der Waals surface area contributed by atoms with Gasteiger partial charge in [0.1, 0.15) is 5.75 Å². The van der Waals surface area contributed by atoms with Crippen molar-refractivity contribution in [2.75, 3.05) is 6.54 Å². The Morgan fingerprint density at radius 2 is 2.23 bits per heavy atom. The van der Waals surface area contributed by atoms with Crippen LogP contribution in [-0.4, -0.2) is 27.6 Å². The number of hydrogen-bond donors (Lipinski definition) is 3. The number of amides is 1. The molecule has 0 saturated heterocycles. The molecule has 3 aliphatic rings. The van der Waals surface area contributed by atoms with Crippen molar-refractivity contribution < 1.29 is 18.3 Å². The molecule has 10 heteroatoms.